The van der Waals surface area contributed by atoms with E-state index in [-0.39, 0.29) is 6.04 Å². The van der Waals surface area contributed by atoms with Gasteiger partial charge in [0.2, 0.25) is 5.75 Å². The fourth-order valence-corrected chi connectivity index (χ4v) is 1.48. The third kappa shape index (κ3) is 2.15. The van der Waals surface area contributed by atoms with E-state index >= 15 is 0 Å². The van der Waals surface area contributed by atoms with Gasteiger partial charge in [-0.15, -0.1) is 0 Å². The lowest BCUT2D eigenvalue weighted by Gasteiger charge is -2.17. The predicted octanol–water partition coefficient (Wildman–Crippen LogP) is 1.73. The van der Waals surface area contributed by atoms with Crippen LogP contribution in [0.1, 0.15) is 18.5 Å². The fourth-order valence-electron chi connectivity index (χ4n) is 1.48. The molecule has 1 atom stereocenters. The standard InChI is InChI=1S/C11H17NO3/c1-7(12)8-5-6-9(13-2)11(15-4)10(8)14-3/h5-7H,12H2,1-4H3/t7-/m0/s1. The van der Waals surface area contributed by atoms with Crippen molar-refractivity contribution < 1.29 is 14.2 Å². The summed E-state index contributed by atoms with van der Waals surface area (Å²) in [7, 11) is 4.75. The molecule has 0 heterocycles. The van der Waals surface area contributed by atoms with Crippen LogP contribution in [0.25, 0.3) is 0 Å². The smallest absolute Gasteiger partial charge is 0.203 e. The van der Waals surface area contributed by atoms with Gasteiger partial charge in [-0.05, 0) is 19.1 Å². The van der Waals surface area contributed by atoms with E-state index in [1.54, 1.807) is 21.3 Å². The first-order valence-electron chi connectivity index (χ1n) is 4.70. The highest BCUT2D eigenvalue weighted by Gasteiger charge is 2.17. The second-order valence-electron chi connectivity index (χ2n) is 3.21. The van der Waals surface area contributed by atoms with Gasteiger partial charge in [0.25, 0.3) is 0 Å². The summed E-state index contributed by atoms with van der Waals surface area (Å²) in [6, 6.07) is 3.59. The maximum atomic E-state index is 5.83. The Morgan fingerprint density at radius 3 is 2.00 bits per heavy atom. The Kier molecular flexibility index (Phi) is 3.80. The maximum Gasteiger partial charge on any atom is 0.203 e. The van der Waals surface area contributed by atoms with Crippen molar-refractivity contribution in [3.63, 3.8) is 0 Å². The van der Waals surface area contributed by atoms with Crippen LogP contribution in [-0.4, -0.2) is 21.3 Å². The zero-order chi connectivity index (χ0) is 11.4. The molecule has 2 N–H and O–H groups in total. The summed E-state index contributed by atoms with van der Waals surface area (Å²) in [4.78, 5) is 0. The minimum atomic E-state index is -0.111. The normalized spacial score (nSPS) is 12.1. The third-order valence-corrected chi connectivity index (χ3v) is 2.23. The molecule has 4 heteroatoms. The number of nitrogens with two attached hydrogens (primary N) is 1. The van der Waals surface area contributed by atoms with Crippen molar-refractivity contribution in [2.75, 3.05) is 21.3 Å². The monoisotopic (exact) mass is 211 g/mol. The van der Waals surface area contributed by atoms with E-state index in [1.807, 2.05) is 19.1 Å². The highest BCUT2D eigenvalue weighted by Crippen LogP contribution is 2.41. The van der Waals surface area contributed by atoms with Crippen molar-refractivity contribution in [2.45, 2.75) is 13.0 Å². The molecule has 84 valence electrons. The number of hydrogen-bond donors (Lipinski definition) is 1. The third-order valence-electron chi connectivity index (χ3n) is 2.23. The van der Waals surface area contributed by atoms with E-state index < -0.39 is 0 Å². The number of benzene rings is 1. The first-order valence-corrected chi connectivity index (χ1v) is 4.70. The molecule has 1 aromatic carbocycles. The van der Waals surface area contributed by atoms with Crippen molar-refractivity contribution in [3.8, 4) is 17.2 Å². The highest BCUT2D eigenvalue weighted by molar-refractivity contribution is 5.56. The Hall–Kier alpha value is -1.42. The molecular formula is C11H17NO3. The Bertz CT molecular complexity index is 337. The molecule has 15 heavy (non-hydrogen) atoms. The van der Waals surface area contributed by atoms with E-state index in [1.165, 1.54) is 0 Å². The van der Waals surface area contributed by atoms with Crippen molar-refractivity contribution >= 4 is 0 Å². The summed E-state index contributed by atoms with van der Waals surface area (Å²) in [5, 5.41) is 0. The number of methoxy groups -OCH3 is 3. The number of rotatable bonds is 4. The van der Waals surface area contributed by atoms with E-state index in [2.05, 4.69) is 0 Å². The van der Waals surface area contributed by atoms with Crippen LogP contribution in [0.3, 0.4) is 0 Å². The van der Waals surface area contributed by atoms with Crippen LogP contribution in [0.5, 0.6) is 17.2 Å². The van der Waals surface area contributed by atoms with Gasteiger partial charge < -0.3 is 19.9 Å². The maximum absolute atomic E-state index is 5.83. The van der Waals surface area contributed by atoms with Crippen molar-refractivity contribution in [3.05, 3.63) is 17.7 Å². The molecular weight excluding hydrogens is 194 g/mol. The largest absolute Gasteiger partial charge is 0.493 e. The molecule has 0 spiro atoms. The molecule has 1 rings (SSSR count). The van der Waals surface area contributed by atoms with Gasteiger partial charge in [-0.2, -0.15) is 0 Å². The minimum absolute atomic E-state index is 0.111. The molecule has 0 fully saturated rings. The lowest BCUT2D eigenvalue weighted by molar-refractivity contribution is 0.321. The lowest BCUT2D eigenvalue weighted by Crippen LogP contribution is -2.08. The molecule has 0 radical (unpaired) electrons. The highest BCUT2D eigenvalue weighted by atomic mass is 16.5. The molecule has 0 amide bonds. The summed E-state index contributed by atoms with van der Waals surface area (Å²) in [6.45, 7) is 1.89. The van der Waals surface area contributed by atoms with Gasteiger partial charge in [-0.3, -0.25) is 0 Å². The quantitative estimate of drug-likeness (QED) is 0.824. The summed E-state index contributed by atoms with van der Waals surface area (Å²) in [5.41, 5.74) is 6.73. The Morgan fingerprint density at radius 1 is 1.00 bits per heavy atom. The van der Waals surface area contributed by atoms with Crippen molar-refractivity contribution in [2.24, 2.45) is 5.73 Å². The van der Waals surface area contributed by atoms with Crippen LogP contribution in [0.2, 0.25) is 0 Å². The summed E-state index contributed by atoms with van der Waals surface area (Å²) >= 11 is 0. The SMILES string of the molecule is COc1ccc([C@H](C)N)c(OC)c1OC. The van der Waals surface area contributed by atoms with Crippen molar-refractivity contribution in [1.29, 1.82) is 0 Å². The van der Waals surface area contributed by atoms with Gasteiger partial charge in [-0.25, -0.2) is 0 Å². The predicted molar refractivity (Wildman–Crippen MR) is 58.7 cm³/mol. The van der Waals surface area contributed by atoms with Crippen LogP contribution in [0, 0.1) is 0 Å². The molecule has 0 aliphatic rings. The number of hydrogen-bond acceptors (Lipinski definition) is 4. The van der Waals surface area contributed by atoms with E-state index in [9.17, 15) is 0 Å². The zero-order valence-electron chi connectivity index (χ0n) is 9.53. The summed E-state index contributed by atoms with van der Waals surface area (Å²) < 4.78 is 15.7. The van der Waals surface area contributed by atoms with Gasteiger partial charge in [0.05, 0.1) is 21.3 Å². The second-order valence-corrected chi connectivity index (χ2v) is 3.21. The van der Waals surface area contributed by atoms with E-state index in [0.29, 0.717) is 17.2 Å². The summed E-state index contributed by atoms with van der Waals surface area (Å²) in [6.07, 6.45) is 0. The second kappa shape index (κ2) is 4.89. The molecule has 0 aromatic heterocycles. The number of ether oxygens (including phenoxy) is 3. The molecule has 0 bridgehead atoms. The van der Waals surface area contributed by atoms with Crippen molar-refractivity contribution in [1.82, 2.24) is 0 Å². The summed E-state index contributed by atoms with van der Waals surface area (Å²) in [5.74, 6) is 1.85. The Labute approximate surface area is 89.9 Å². The lowest BCUT2D eigenvalue weighted by atomic mass is 10.1. The van der Waals surface area contributed by atoms with Gasteiger partial charge >= 0.3 is 0 Å². The first kappa shape index (κ1) is 11.7. The van der Waals surface area contributed by atoms with Crippen LogP contribution >= 0.6 is 0 Å². The Morgan fingerprint density at radius 2 is 1.60 bits per heavy atom. The van der Waals surface area contributed by atoms with E-state index in [0.717, 1.165) is 5.56 Å². The fraction of sp³-hybridized carbons (Fsp3) is 0.455. The molecule has 1 aromatic rings. The van der Waals surface area contributed by atoms with Crippen LogP contribution < -0.4 is 19.9 Å². The average molecular weight is 211 g/mol. The molecule has 0 saturated heterocycles. The van der Waals surface area contributed by atoms with Crippen LogP contribution in [-0.2, 0) is 0 Å². The van der Waals surface area contributed by atoms with Gasteiger partial charge in [0, 0.05) is 11.6 Å². The van der Waals surface area contributed by atoms with Crippen LogP contribution in [0.15, 0.2) is 12.1 Å². The van der Waals surface area contributed by atoms with E-state index in [4.69, 9.17) is 19.9 Å². The molecule has 4 nitrogen and oxygen atoms in total. The Balaban J connectivity index is 3.34. The van der Waals surface area contributed by atoms with Gasteiger partial charge in [0.1, 0.15) is 0 Å². The molecule has 0 unspecified atom stereocenters. The first-order chi connectivity index (χ1) is 7.15. The van der Waals surface area contributed by atoms with Gasteiger partial charge in [0.15, 0.2) is 11.5 Å². The topological polar surface area (TPSA) is 53.7 Å². The average Bonchev–Trinajstić information content (AvgIpc) is 2.26. The molecule has 0 aliphatic heterocycles. The molecule has 0 saturated carbocycles. The minimum Gasteiger partial charge on any atom is -0.493 e. The zero-order valence-corrected chi connectivity index (χ0v) is 9.53. The van der Waals surface area contributed by atoms with Crippen LogP contribution in [0.4, 0.5) is 0 Å². The molecule has 0 aliphatic carbocycles. The van der Waals surface area contributed by atoms with Gasteiger partial charge in [-0.1, -0.05) is 0 Å².